The molecule has 1 unspecified atom stereocenters. The van der Waals surface area contributed by atoms with Crippen LogP contribution >= 0.6 is 24.0 Å². The summed E-state index contributed by atoms with van der Waals surface area (Å²) in [6, 6.07) is 13.7. The number of hydrogen-bond donors (Lipinski definition) is 1. The van der Waals surface area contributed by atoms with Crippen molar-refractivity contribution in [2.24, 2.45) is 0 Å². The highest BCUT2D eigenvalue weighted by atomic mass is 35.5. The second-order valence-electron chi connectivity index (χ2n) is 5.29. The van der Waals surface area contributed by atoms with Crippen molar-refractivity contribution in [2.45, 2.75) is 19.5 Å². The van der Waals surface area contributed by atoms with Crippen LogP contribution in [0.4, 0.5) is 0 Å². The Morgan fingerprint density at radius 2 is 2.04 bits per heavy atom. The highest BCUT2D eigenvalue weighted by Crippen LogP contribution is 2.37. The molecule has 0 radical (unpaired) electrons. The van der Waals surface area contributed by atoms with Crippen LogP contribution in [0, 0.1) is 0 Å². The van der Waals surface area contributed by atoms with E-state index in [2.05, 4.69) is 17.4 Å². The van der Waals surface area contributed by atoms with Gasteiger partial charge in [-0.3, -0.25) is 0 Å². The van der Waals surface area contributed by atoms with Crippen molar-refractivity contribution in [1.29, 1.82) is 0 Å². The zero-order valence-electron chi connectivity index (χ0n) is 13.3. The van der Waals surface area contributed by atoms with Crippen molar-refractivity contribution in [3.63, 3.8) is 0 Å². The lowest BCUT2D eigenvalue weighted by molar-refractivity contribution is -0.145. The Hall–Kier alpha value is -1.75. The number of carbonyl (C=O) groups is 1. The van der Waals surface area contributed by atoms with Gasteiger partial charge in [-0.15, -0.1) is 12.4 Å². The van der Waals surface area contributed by atoms with Gasteiger partial charge in [-0.25, -0.2) is 4.79 Å². The quantitative estimate of drug-likeness (QED) is 0.814. The molecule has 3 rings (SSSR count). The molecule has 0 bridgehead atoms. The van der Waals surface area contributed by atoms with E-state index in [9.17, 15) is 4.79 Å². The Balaban J connectivity index is 0.00000208. The van der Waals surface area contributed by atoms with Crippen molar-refractivity contribution >= 4 is 30.0 Å². The number of ether oxygens (including phenoxy) is 2. The molecule has 1 N–H and O–H groups in total. The molecule has 1 aliphatic rings. The van der Waals surface area contributed by atoms with Crippen molar-refractivity contribution < 1.29 is 14.3 Å². The van der Waals surface area contributed by atoms with Crippen LogP contribution in [-0.4, -0.2) is 19.2 Å². The first kappa shape index (κ1) is 18.6. The van der Waals surface area contributed by atoms with E-state index in [0.717, 1.165) is 12.1 Å². The van der Waals surface area contributed by atoms with Crippen LogP contribution in [0.3, 0.4) is 0 Å². The summed E-state index contributed by atoms with van der Waals surface area (Å²) in [6.07, 6.45) is 0. The average molecular weight is 368 g/mol. The minimum atomic E-state index is -0.381. The highest BCUT2D eigenvalue weighted by Gasteiger charge is 2.26. The zero-order valence-corrected chi connectivity index (χ0v) is 14.8. The zero-order chi connectivity index (χ0) is 16.2. The second kappa shape index (κ2) is 8.38. The summed E-state index contributed by atoms with van der Waals surface area (Å²) in [6.45, 7) is 2.79. The predicted molar refractivity (Wildman–Crippen MR) is 96.0 cm³/mol. The van der Waals surface area contributed by atoms with Gasteiger partial charge in [-0.2, -0.15) is 0 Å². The number of hydrogen-bond acceptors (Lipinski definition) is 4. The fraction of sp³-hybridized carbons (Fsp3) is 0.278. The molecule has 0 spiro atoms. The maximum atomic E-state index is 11.5. The number of fused-ring (bicyclic) bond motifs is 1. The Labute approximate surface area is 152 Å². The number of rotatable bonds is 5. The molecule has 0 fully saturated rings. The summed E-state index contributed by atoms with van der Waals surface area (Å²) in [7, 11) is 0. The SMILES string of the molecule is CCOC(=O)COc1ccc(Cl)cc1C1NCc2ccccc21.Cl. The van der Waals surface area contributed by atoms with E-state index in [1.165, 1.54) is 11.1 Å². The van der Waals surface area contributed by atoms with Gasteiger partial charge in [-0.1, -0.05) is 35.9 Å². The summed E-state index contributed by atoms with van der Waals surface area (Å²) >= 11 is 6.16. The maximum absolute atomic E-state index is 11.5. The van der Waals surface area contributed by atoms with Crippen molar-refractivity contribution in [2.75, 3.05) is 13.2 Å². The molecule has 1 heterocycles. The molecule has 1 atom stereocenters. The molecule has 2 aromatic rings. The van der Waals surface area contributed by atoms with Gasteiger partial charge in [0.25, 0.3) is 0 Å². The molecule has 0 saturated carbocycles. The minimum absolute atomic E-state index is 0. The van der Waals surface area contributed by atoms with E-state index in [-0.39, 0.29) is 31.0 Å². The van der Waals surface area contributed by atoms with Crippen molar-refractivity contribution in [1.82, 2.24) is 5.32 Å². The van der Waals surface area contributed by atoms with Crippen LogP contribution in [0.1, 0.15) is 29.7 Å². The largest absolute Gasteiger partial charge is 0.482 e. The van der Waals surface area contributed by atoms with Gasteiger partial charge in [0.1, 0.15) is 5.75 Å². The summed E-state index contributed by atoms with van der Waals surface area (Å²) in [4.78, 5) is 11.5. The highest BCUT2D eigenvalue weighted by molar-refractivity contribution is 6.30. The molecule has 4 nitrogen and oxygen atoms in total. The van der Waals surface area contributed by atoms with Gasteiger partial charge in [0.05, 0.1) is 12.6 Å². The van der Waals surface area contributed by atoms with Crippen LogP contribution in [-0.2, 0) is 16.1 Å². The third-order valence-electron chi connectivity index (χ3n) is 3.80. The number of esters is 1. The van der Waals surface area contributed by atoms with E-state index in [1.807, 2.05) is 18.2 Å². The van der Waals surface area contributed by atoms with Crippen LogP contribution in [0.2, 0.25) is 5.02 Å². The molecule has 0 aliphatic carbocycles. The summed E-state index contributed by atoms with van der Waals surface area (Å²) < 4.78 is 10.6. The first-order valence-corrected chi connectivity index (χ1v) is 7.96. The first-order valence-electron chi connectivity index (χ1n) is 7.58. The second-order valence-corrected chi connectivity index (χ2v) is 5.73. The van der Waals surface area contributed by atoms with E-state index in [4.69, 9.17) is 21.1 Å². The Kier molecular flexibility index (Phi) is 6.49. The third-order valence-corrected chi connectivity index (χ3v) is 4.03. The third kappa shape index (κ3) is 4.01. The molecule has 0 amide bonds. The standard InChI is InChI=1S/C18H18ClNO3.ClH/c1-2-22-17(21)11-23-16-8-7-13(19)9-15(16)18-14-6-4-3-5-12(14)10-20-18;/h3-9,18,20H,2,10-11H2,1H3;1H. The molecule has 1 aliphatic heterocycles. The average Bonchev–Trinajstić information content (AvgIpc) is 2.98. The Morgan fingerprint density at radius 1 is 1.25 bits per heavy atom. The predicted octanol–water partition coefficient (Wildman–Crippen LogP) is 3.90. The molecule has 0 saturated heterocycles. The van der Waals surface area contributed by atoms with Gasteiger partial charge in [0, 0.05) is 17.1 Å². The fourth-order valence-electron chi connectivity index (χ4n) is 2.79. The van der Waals surface area contributed by atoms with E-state index in [1.54, 1.807) is 19.1 Å². The van der Waals surface area contributed by atoms with Crippen LogP contribution < -0.4 is 10.1 Å². The van der Waals surface area contributed by atoms with Gasteiger partial charge in [0.15, 0.2) is 6.61 Å². The molecule has 0 aromatic heterocycles. The van der Waals surface area contributed by atoms with E-state index < -0.39 is 0 Å². The Morgan fingerprint density at radius 3 is 2.83 bits per heavy atom. The summed E-state index contributed by atoms with van der Waals surface area (Å²) in [5, 5.41) is 4.10. The molecule has 2 aromatic carbocycles. The first-order chi connectivity index (χ1) is 11.2. The van der Waals surface area contributed by atoms with Gasteiger partial charge >= 0.3 is 5.97 Å². The monoisotopic (exact) mass is 367 g/mol. The lowest BCUT2D eigenvalue weighted by atomic mass is 9.98. The maximum Gasteiger partial charge on any atom is 0.344 e. The lowest BCUT2D eigenvalue weighted by Crippen LogP contribution is -2.18. The number of benzene rings is 2. The minimum Gasteiger partial charge on any atom is -0.482 e. The van der Waals surface area contributed by atoms with Crippen LogP contribution in [0.5, 0.6) is 5.75 Å². The normalized spacial score (nSPS) is 15.3. The molecule has 128 valence electrons. The lowest BCUT2D eigenvalue weighted by Gasteiger charge is -2.18. The molecule has 6 heteroatoms. The van der Waals surface area contributed by atoms with Gasteiger partial charge in [0.2, 0.25) is 0 Å². The van der Waals surface area contributed by atoms with Crippen molar-refractivity contribution in [3.05, 3.63) is 64.2 Å². The molecule has 24 heavy (non-hydrogen) atoms. The van der Waals surface area contributed by atoms with E-state index >= 15 is 0 Å². The number of carbonyl (C=O) groups excluding carboxylic acids is 1. The summed E-state index contributed by atoms with van der Waals surface area (Å²) in [5.74, 6) is 0.254. The number of nitrogens with one attached hydrogen (secondary N) is 1. The van der Waals surface area contributed by atoms with Crippen LogP contribution in [0.25, 0.3) is 0 Å². The molecular formula is C18H19Cl2NO3. The number of halogens is 2. The van der Waals surface area contributed by atoms with Crippen molar-refractivity contribution in [3.8, 4) is 5.75 Å². The fourth-order valence-corrected chi connectivity index (χ4v) is 2.97. The smallest absolute Gasteiger partial charge is 0.344 e. The van der Waals surface area contributed by atoms with Crippen LogP contribution in [0.15, 0.2) is 42.5 Å². The van der Waals surface area contributed by atoms with E-state index in [0.29, 0.717) is 17.4 Å². The summed E-state index contributed by atoms with van der Waals surface area (Å²) in [5.41, 5.74) is 3.39. The topological polar surface area (TPSA) is 47.6 Å². The van der Waals surface area contributed by atoms with Gasteiger partial charge in [-0.05, 0) is 36.2 Å². The molecular weight excluding hydrogens is 349 g/mol. The Bertz CT molecular complexity index is 721. The van der Waals surface area contributed by atoms with Gasteiger partial charge < -0.3 is 14.8 Å².